The maximum absolute atomic E-state index is 12.1. The van der Waals surface area contributed by atoms with Crippen LogP contribution in [0.25, 0.3) is 0 Å². The number of hydrogen-bond acceptors (Lipinski definition) is 2. The lowest BCUT2D eigenvalue weighted by Gasteiger charge is -2.50. The molecule has 140 valence electrons. The first-order valence-corrected chi connectivity index (χ1v) is 10.7. The van der Waals surface area contributed by atoms with Gasteiger partial charge >= 0.3 is 0 Å². The molecule has 5 rings (SSSR count). The van der Waals surface area contributed by atoms with E-state index in [2.05, 4.69) is 34.1 Å². The fourth-order valence-electron chi connectivity index (χ4n) is 6.70. The van der Waals surface area contributed by atoms with Gasteiger partial charge in [-0.1, -0.05) is 37.1 Å². The molecule has 3 heteroatoms. The number of nitrogens with zero attached hydrogens (tertiary/aromatic N) is 2. The molecule has 1 spiro atoms. The largest absolute Gasteiger partial charge is 0.338 e. The number of carbonyl (C=O) groups is 1. The van der Waals surface area contributed by atoms with Gasteiger partial charge in [0.05, 0.1) is 0 Å². The van der Waals surface area contributed by atoms with E-state index in [0.717, 1.165) is 31.0 Å². The summed E-state index contributed by atoms with van der Waals surface area (Å²) in [5.41, 5.74) is 3.09. The first kappa shape index (κ1) is 16.8. The van der Waals surface area contributed by atoms with Crippen LogP contribution in [0.5, 0.6) is 0 Å². The van der Waals surface area contributed by atoms with Gasteiger partial charge < -0.3 is 9.80 Å². The van der Waals surface area contributed by atoms with Crippen molar-refractivity contribution >= 4 is 5.91 Å². The predicted molar refractivity (Wildman–Crippen MR) is 104 cm³/mol. The number of carbonyl (C=O) groups excluding carboxylic acids is 1. The van der Waals surface area contributed by atoms with Gasteiger partial charge in [-0.05, 0) is 68.2 Å². The zero-order valence-electron chi connectivity index (χ0n) is 16.1. The Hall–Kier alpha value is -1.35. The number of hydrogen-bond donors (Lipinski definition) is 0. The molecule has 1 aromatic carbocycles. The molecule has 2 aliphatic heterocycles. The smallest absolute Gasteiger partial charge is 0.219 e. The van der Waals surface area contributed by atoms with Gasteiger partial charge in [0.15, 0.2) is 0 Å². The zero-order chi connectivity index (χ0) is 17.7. The van der Waals surface area contributed by atoms with Gasteiger partial charge in [0.25, 0.3) is 0 Å². The Balaban J connectivity index is 1.37. The van der Waals surface area contributed by atoms with Crippen LogP contribution in [0.2, 0.25) is 0 Å². The Morgan fingerprint density at radius 3 is 2.69 bits per heavy atom. The lowest BCUT2D eigenvalue weighted by atomic mass is 9.68. The van der Waals surface area contributed by atoms with E-state index < -0.39 is 0 Å². The molecule has 2 aliphatic carbocycles. The highest BCUT2D eigenvalue weighted by molar-refractivity contribution is 5.74. The molecular formula is C23H32N2O. The second kappa shape index (κ2) is 6.37. The van der Waals surface area contributed by atoms with E-state index in [1.54, 1.807) is 6.92 Å². The van der Waals surface area contributed by atoms with Crippen molar-refractivity contribution in [1.29, 1.82) is 0 Å². The number of likely N-dealkylation sites (tertiary alicyclic amines) is 1. The summed E-state index contributed by atoms with van der Waals surface area (Å²) in [6.45, 7) is 5.88. The number of rotatable bonds is 1. The fourth-order valence-corrected chi connectivity index (χ4v) is 6.70. The Morgan fingerprint density at radius 2 is 1.92 bits per heavy atom. The van der Waals surface area contributed by atoms with Gasteiger partial charge in [-0.2, -0.15) is 0 Å². The van der Waals surface area contributed by atoms with Gasteiger partial charge in [-0.3, -0.25) is 4.79 Å². The van der Waals surface area contributed by atoms with Crippen LogP contribution in [-0.4, -0.2) is 41.4 Å². The van der Waals surface area contributed by atoms with Crippen LogP contribution in [0.4, 0.5) is 0 Å². The van der Waals surface area contributed by atoms with Crippen LogP contribution >= 0.6 is 0 Å². The number of fused-ring (bicyclic) bond motifs is 4. The minimum absolute atomic E-state index is 0.185. The van der Waals surface area contributed by atoms with Crippen LogP contribution in [0.15, 0.2) is 24.3 Å². The SMILES string of the molecule is CC(=O)N1Cc2ccccc2C2(CCN(C3CC4CCCC3C4)CC2)C1. The first-order chi connectivity index (χ1) is 12.6. The molecule has 1 amide bonds. The summed E-state index contributed by atoms with van der Waals surface area (Å²) in [6, 6.07) is 9.74. The highest BCUT2D eigenvalue weighted by Gasteiger charge is 2.46. The van der Waals surface area contributed by atoms with Crippen LogP contribution in [0, 0.1) is 11.8 Å². The number of amides is 1. The third-order valence-corrected chi connectivity index (χ3v) is 8.06. The second-order valence-corrected chi connectivity index (χ2v) is 9.44. The summed E-state index contributed by atoms with van der Waals surface area (Å²) >= 11 is 0. The fraction of sp³-hybridized carbons (Fsp3) is 0.696. The monoisotopic (exact) mass is 352 g/mol. The molecule has 2 saturated carbocycles. The van der Waals surface area contributed by atoms with Crippen molar-refractivity contribution in [3.05, 3.63) is 35.4 Å². The van der Waals surface area contributed by atoms with E-state index in [9.17, 15) is 4.79 Å². The molecule has 3 unspecified atom stereocenters. The van der Waals surface area contributed by atoms with E-state index >= 15 is 0 Å². The Labute approximate surface area is 157 Å². The molecule has 3 fully saturated rings. The van der Waals surface area contributed by atoms with Gasteiger partial charge in [-0.15, -0.1) is 0 Å². The van der Waals surface area contributed by atoms with Crippen LogP contribution in [0.3, 0.4) is 0 Å². The minimum atomic E-state index is 0.185. The molecule has 0 aromatic heterocycles. The summed E-state index contributed by atoms with van der Waals surface area (Å²) in [7, 11) is 0. The van der Waals surface area contributed by atoms with Crippen molar-refractivity contribution < 1.29 is 4.79 Å². The van der Waals surface area contributed by atoms with E-state index in [1.165, 1.54) is 69.2 Å². The van der Waals surface area contributed by atoms with Crippen LogP contribution in [0.1, 0.15) is 63.0 Å². The number of benzene rings is 1. The van der Waals surface area contributed by atoms with Crippen molar-refractivity contribution in [2.24, 2.45) is 11.8 Å². The summed E-state index contributed by atoms with van der Waals surface area (Å²) in [4.78, 5) is 17.1. The quantitative estimate of drug-likeness (QED) is 0.764. The molecule has 26 heavy (non-hydrogen) atoms. The van der Waals surface area contributed by atoms with Crippen LogP contribution in [-0.2, 0) is 16.8 Å². The van der Waals surface area contributed by atoms with Gasteiger partial charge in [0.1, 0.15) is 0 Å². The lowest BCUT2D eigenvalue weighted by Crippen LogP contribution is -2.54. The maximum Gasteiger partial charge on any atom is 0.219 e. The zero-order valence-corrected chi connectivity index (χ0v) is 16.1. The summed E-state index contributed by atoms with van der Waals surface area (Å²) < 4.78 is 0. The van der Waals surface area contributed by atoms with Crippen molar-refractivity contribution in [1.82, 2.24) is 9.80 Å². The summed E-state index contributed by atoms with van der Waals surface area (Å²) in [5.74, 6) is 2.21. The molecule has 0 radical (unpaired) electrons. The van der Waals surface area contributed by atoms with Crippen LogP contribution < -0.4 is 0 Å². The van der Waals surface area contributed by atoms with E-state index in [1.807, 2.05) is 0 Å². The molecular weight excluding hydrogens is 320 g/mol. The van der Waals surface area contributed by atoms with Gasteiger partial charge in [-0.25, -0.2) is 0 Å². The van der Waals surface area contributed by atoms with Crippen molar-refractivity contribution in [2.75, 3.05) is 19.6 Å². The van der Waals surface area contributed by atoms with E-state index in [-0.39, 0.29) is 11.3 Å². The molecule has 0 N–H and O–H groups in total. The molecule has 3 atom stereocenters. The highest BCUT2D eigenvalue weighted by Crippen LogP contribution is 2.47. The molecule has 4 aliphatic rings. The Bertz CT molecular complexity index is 691. The summed E-state index contributed by atoms with van der Waals surface area (Å²) in [5, 5.41) is 0. The van der Waals surface area contributed by atoms with Crippen molar-refractivity contribution in [2.45, 2.75) is 69.9 Å². The molecule has 1 aromatic rings. The number of piperidine rings is 1. The van der Waals surface area contributed by atoms with Gasteiger partial charge in [0, 0.05) is 31.5 Å². The second-order valence-electron chi connectivity index (χ2n) is 9.44. The molecule has 1 saturated heterocycles. The Kier molecular flexibility index (Phi) is 4.11. The third kappa shape index (κ3) is 2.70. The highest BCUT2D eigenvalue weighted by atomic mass is 16.2. The third-order valence-electron chi connectivity index (χ3n) is 8.06. The average molecular weight is 353 g/mol. The standard InChI is InChI=1S/C23H32N2O/c1-17(26)25-15-20-6-2-3-8-21(20)23(16-25)9-11-24(12-10-23)22-14-18-5-4-7-19(22)13-18/h2-3,6,8,18-19,22H,4-5,7,9-16H2,1H3. The maximum atomic E-state index is 12.1. The van der Waals surface area contributed by atoms with E-state index in [4.69, 9.17) is 0 Å². The molecule has 2 heterocycles. The average Bonchev–Trinajstić information content (AvgIpc) is 2.96. The first-order valence-electron chi connectivity index (χ1n) is 10.7. The Morgan fingerprint density at radius 1 is 1.12 bits per heavy atom. The van der Waals surface area contributed by atoms with Crippen molar-refractivity contribution in [3.8, 4) is 0 Å². The summed E-state index contributed by atoms with van der Waals surface area (Å²) in [6.07, 6.45) is 9.77. The lowest BCUT2D eigenvalue weighted by molar-refractivity contribution is -0.131. The topological polar surface area (TPSA) is 23.6 Å². The predicted octanol–water partition coefficient (Wildman–Crippen LogP) is 3.96. The minimum Gasteiger partial charge on any atom is -0.338 e. The molecule has 3 nitrogen and oxygen atoms in total. The van der Waals surface area contributed by atoms with Crippen molar-refractivity contribution in [3.63, 3.8) is 0 Å². The molecule has 2 bridgehead atoms. The normalized spacial score (nSPS) is 33.3. The van der Waals surface area contributed by atoms with Gasteiger partial charge in [0.2, 0.25) is 5.91 Å². The van der Waals surface area contributed by atoms with E-state index in [0.29, 0.717) is 0 Å².